The van der Waals surface area contributed by atoms with Crippen LogP contribution in [0.5, 0.6) is 0 Å². The lowest BCUT2D eigenvalue weighted by molar-refractivity contribution is 0.00884. The molecular formula is C13H22N2OS. The smallest absolute Gasteiger partial charge is 0.0826 e. The number of rotatable bonds is 4. The Labute approximate surface area is 108 Å². The molecule has 96 valence electrons. The summed E-state index contributed by atoms with van der Waals surface area (Å²) in [4.78, 5) is 5.20. The molecule has 1 aliphatic heterocycles. The largest absolute Gasteiger partial charge is 0.374 e. The summed E-state index contributed by atoms with van der Waals surface area (Å²) in [6.45, 7) is 9.22. The Bertz CT molecular complexity index is 358. The van der Waals surface area contributed by atoms with Crippen LogP contribution in [0, 0.1) is 13.8 Å². The molecule has 2 rings (SSSR count). The van der Waals surface area contributed by atoms with Crippen molar-refractivity contribution in [3.63, 3.8) is 0 Å². The van der Waals surface area contributed by atoms with E-state index in [1.807, 2.05) is 11.3 Å². The van der Waals surface area contributed by atoms with E-state index in [9.17, 15) is 0 Å². The summed E-state index contributed by atoms with van der Waals surface area (Å²) >= 11 is 1.89. The molecule has 2 heterocycles. The summed E-state index contributed by atoms with van der Waals surface area (Å²) in [7, 11) is 2.17. The van der Waals surface area contributed by atoms with Crippen LogP contribution in [-0.4, -0.2) is 44.3 Å². The fourth-order valence-electron chi connectivity index (χ4n) is 2.28. The number of nitrogens with zero attached hydrogens (tertiary/aromatic N) is 1. The van der Waals surface area contributed by atoms with Crippen LogP contribution in [0.4, 0.5) is 0 Å². The molecule has 17 heavy (non-hydrogen) atoms. The second kappa shape index (κ2) is 5.96. The normalized spacial score (nSPS) is 21.1. The van der Waals surface area contributed by atoms with Crippen LogP contribution in [-0.2, 0) is 11.3 Å². The monoisotopic (exact) mass is 254 g/mol. The highest BCUT2D eigenvalue weighted by atomic mass is 32.1. The Morgan fingerprint density at radius 3 is 2.94 bits per heavy atom. The molecule has 1 aromatic heterocycles. The van der Waals surface area contributed by atoms with E-state index in [1.54, 1.807) is 0 Å². The molecule has 1 saturated heterocycles. The van der Waals surface area contributed by atoms with Crippen LogP contribution >= 0.6 is 11.3 Å². The zero-order chi connectivity index (χ0) is 12.3. The Kier molecular flexibility index (Phi) is 4.56. The van der Waals surface area contributed by atoms with Gasteiger partial charge < -0.3 is 10.1 Å². The van der Waals surface area contributed by atoms with Crippen molar-refractivity contribution in [3.8, 4) is 0 Å². The van der Waals surface area contributed by atoms with Crippen molar-refractivity contribution >= 4 is 11.3 Å². The Hall–Kier alpha value is -0.420. The van der Waals surface area contributed by atoms with E-state index in [-0.39, 0.29) is 0 Å². The third kappa shape index (κ3) is 3.78. The maximum Gasteiger partial charge on any atom is 0.0826 e. The van der Waals surface area contributed by atoms with Crippen molar-refractivity contribution in [3.05, 3.63) is 21.4 Å². The fraction of sp³-hybridized carbons (Fsp3) is 0.692. The first kappa shape index (κ1) is 13.0. The molecule has 1 aromatic rings. The minimum absolute atomic E-state index is 0.341. The van der Waals surface area contributed by atoms with Crippen molar-refractivity contribution < 1.29 is 4.74 Å². The van der Waals surface area contributed by atoms with Crippen LogP contribution in [0.2, 0.25) is 0 Å². The first-order valence-corrected chi connectivity index (χ1v) is 7.03. The number of morpholine rings is 1. The predicted octanol–water partition coefficient (Wildman–Crippen LogP) is 1.79. The first-order chi connectivity index (χ1) is 8.15. The van der Waals surface area contributed by atoms with Gasteiger partial charge in [0.2, 0.25) is 0 Å². The lowest BCUT2D eigenvalue weighted by atomic mass is 10.2. The van der Waals surface area contributed by atoms with Crippen LogP contribution in [0.15, 0.2) is 6.07 Å². The Morgan fingerprint density at radius 1 is 1.53 bits per heavy atom. The van der Waals surface area contributed by atoms with E-state index in [2.05, 4.69) is 37.2 Å². The van der Waals surface area contributed by atoms with Crippen LogP contribution in [0.3, 0.4) is 0 Å². The number of aryl methyl sites for hydroxylation is 2. The molecular weight excluding hydrogens is 232 g/mol. The van der Waals surface area contributed by atoms with Crippen molar-refractivity contribution in [2.45, 2.75) is 26.5 Å². The first-order valence-electron chi connectivity index (χ1n) is 6.22. The quantitative estimate of drug-likeness (QED) is 0.886. The second-order valence-electron chi connectivity index (χ2n) is 4.83. The molecule has 1 unspecified atom stereocenters. The van der Waals surface area contributed by atoms with Gasteiger partial charge >= 0.3 is 0 Å². The zero-order valence-corrected chi connectivity index (χ0v) is 11.8. The van der Waals surface area contributed by atoms with Crippen molar-refractivity contribution in [1.82, 2.24) is 10.2 Å². The molecule has 0 saturated carbocycles. The minimum atomic E-state index is 0.341. The highest BCUT2D eigenvalue weighted by molar-refractivity contribution is 7.12. The molecule has 1 N–H and O–H groups in total. The van der Waals surface area contributed by atoms with Crippen molar-refractivity contribution in [1.29, 1.82) is 0 Å². The standard InChI is InChI=1S/C13H22N2OS/c1-10-6-12(11(2)17-10)8-15(3)9-13-7-14-4-5-16-13/h6,13-14H,4-5,7-9H2,1-3H3. The van der Waals surface area contributed by atoms with Gasteiger partial charge in [0.1, 0.15) is 0 Å². The van der Waals surface area contributed by atoms with E-state index >= 15 is 0 Å². The Balaban J connectivity index is 1.83. The van der Waals surface area contributed by atoms with Crippen LogP contribution < -0.4 is 5.32 Å². The SMILES string of the molecule is Cc1cc(CN(C)CC2CNCCO2)c(C)s1. The molecule has 0 spiro atoms. The number of hydrogen-bond acceptors (Lipinski definition) is 4. The van der Waals surface area contributed by atoms with Crippen LogP contribution in [0.1, 0.15) is 15.3 Å². The average molecular weight is 254 g/mol. The molecule has 1 aliphatic rings. The molecule has 3 nitrogen and oxygen atoms in total. The van der Waals surface area contributed by atoms with Gasteiger partial charge in [0.25, 0.3) is 0 Å². The third-order valence-corrected chi connectivity index (χ3v) is 4.11. The van der Waals surface area contributed by atoms with E-state index < -0.39 is 0 Å². The second-order valence-corrected chi connectivity index (χ2v) is 6.29. The number of nitrogens with one attached hydrogen (secondary N) is 1. The molecule has 1 atom stereocenters. The number of ether oxygens (including phenoxy) is 1. The Morgan fingerprint density at radius 2 is 2.35 bits per heavy atom. The van der Waals surface area contributed by atoms with E-state index in [1.165, 1.54) is 15.3 Å². The molecule has 4 heteroatoms. The van der Waals surface area contributed by atoms with Gasteiger partial charge in [0, 0.05) is 35.9 Å². The fourth-order valence-corrected chi connectivity index (χ4v) is 3.22. The van der Waals surface area contributed by atoms with Gasteiger partial charge in [-0.1, -0.05) is 0 Å². The molecule has 0 aromatic carbocycles. The van der Waals surface area contributed by atoms with Gasteiger partial charge in [0.15, 0.2) is 0 Å². The summed E-state index contributed by atoms with van der Waals surface area (Å²) in [5.41, 5.74) is 1.46. The number of thiophene rings is 1. The van der Waals surface area contributed by atoms with Gasteiger partial charge in [-0.15, -0.1) is 11.3 Å². The summed E-state index contributed by atoms with van der Waals surface area (Å²) in [6, 6.07) is 2.30. The van der Waals surface area contributed by atoms with Crippen molar-refractivity contribution in [2.75, 3.05) is 33.3 Å². The van der Waals surface area contributed by atoms with Crippen molar-refractivity contribution in [2.24, 2.45) is 0 Å². The lowest BCUT2D eigenvalue weighted by Crippen LogP contribution is -2.44. The summed E-state index contributed by atoms with van der Waals surface area (Å²) in [5, 5.41) is 3.37. The van der Waals surface area contributed by atoms with Gasteiger partial charge in [-0.25, -0.2) is 0 Å². The molecule has 0 bridgehead atoms. The summed E-state index contributed by atoms with van der Waals surface area (Å²) < 4.78 is 5.72. The van der Waals surface area contributed by atoms with Gasteiger partial charge in [-0.3, -0.25) is 4.90 Å². The zero-order valence-electron chi connectivity index (χ0n) is 11.0. The molecule has 0 amide bonds. The minimum Gasteiger partial charge on any atom is -0.374 e. The van der Waals surface area contributed by atoms with Crippen LogP contribution in [0.25, 0.3) is 0 Å². The van der Waals surface area contributed by atoms with Gasteiger partial charge in [0.05, 0.1) is 12.7 Å². The highest BCUT2D eigenvalue weighted by Crippen LogP contribution is 2.21. The predicted molar refractivity (Wildman–Crippen MR) is 72.7 cm³/mol. The number of hydrogen-bond donors (Lipinski definition) is 1. The van der Waals surface area contributed by atoms with E-state index in [4.69, 9.17) is 4.74 Å². The van der Waals surface area contributed by atoms with E-state index in [0.717, 1.165) is 32.8 Å². The van der Waals surface area contributed by atoms with E-state index in [0.29, 0.717) is 6.10 Å². The summed E-state index contributed by atoms with van der Waals surface area (Å²) in [5.74, 6) is 0. The van der Waals surface area contributed by atoms with Gasteiger partial charge in [-0.2, -0.15) is 0 Å². The molecule has 0 radical (unpaired) electrons. The number of likely N-dealkylation sites (N-methyl/N-ethyl adjacent to an activating group) is 1. The maximum atomic E-state index is 5.72. The topological polar surface area (TPSA) is 24.5 Å². The molecule has 0 aliphatic carbocycles. The third-order valence-electron chi connectivity index (χ3n) is 3.10. The summed E-state index contributed by atoms with van der Waals surface area (Å²) in [6.07, 6.45) is 0.341. The average Bonchev–Trinajstić information content (AvgIpc) is 2.58. The highest BCUT2D eigenvalue weighted by Gasteiger charge is 2.16. The van der Waals surface area contributed by atoms with Gasteiger partial charge in [-0.05, 0) is 32.5 Å². The molecule has 1 fully saturated rings. The maximum absolute atomic E-state index is 5.72. The lowest BCUT2D eigenvalue weighted by Gasteiger charge is -2.28.